The molecule has 3 aromatic rings. The van der Waals surface area contributed by atoms with Gasteiger partial charge in [0, 0.05) is 17.8 Å². The number of hydrogen-bond donors (Lipinski definition) is 4. The molecule has 0 radical (unpaired) electrons. The number of aliphatic hydroxyl groups is 1. The summed E-state index contributed by atoms with van der Waals surface area (Å²) in [5.41, 5.74) is 11.1. The van der Waals surface area contributed by atoms with Crippen molar-refractivity contribution in [2.75, 3.05) is 25.1 Å². The molecule has 9 nitrogen and oxygen atoms in total. The number of sulfonamides is 1. The van der Waals surface area contributed by atoms with Crippen LogP contribution in [0.1, 0.15) is 71.2 Å². The van der Waals surface area contributed by atoms with Gasteiger partial charge in [0.25, 0.3) is 5.91 Å². The fraction of sp³-hybridized carbons (Fsp3) is 0.355. The Balaban J connectivity index is 1.40. The summed E-state index contributed by atoms with van der Waals surface area (Å²) in [7, 11) is -3.67. The molecule has 0 aliphatic heterocycles. The molecule has 1 atom stereocenters. The van der Waals surface area contributed by atoms with Crippen LogP contribution < -0.4 is 10.5 Å². The van der Waals surface area contributed by atoms with E-state index in [-0.39, 0.29) is 19.0 Å². The highest BCUT2D eigenvalue weighted by molar-refractivity contribution is 7.89. The van der Waals surface area contributed by atoms with Crippen LogP contribution in [-0.4, -0.2) is 54.9 Å². The van der Waals surface area contributed by atoms with Gasteiger partial charge in [-0.3, -0.25) is 4.79 Å². The molecule has 41 heavy (non-hydrogen) atoms. The molecule has 1 aliphatic carbocycles. The van der Waals surface area contributed by atoms with Gasteiger partial charge in [0.1, 0.15) is 0 Å². The number of anilines is 1. The van der Waals surface area contributed by atoms with E-state index in [4.69, 9.17) is 5.73 Å². The monoisotopic (exact) mass is 579 g/mol. The first kappa shape index (κ1) is 30.1. The third-order valence-electron chi connectivity index (χ3n) is 7.54. The van der Waals surface area contributed by atoms with Gasteiger partial charge in [-0.2, -0.15) is 0 Å². The number of carbonyl (C=O) groups excluding carboxylic acids is 1. The van der Waals surface area contributed by atoms with Gasteiger partial charge >= 0.3 is 6.09 Å². The molecule has 0 saturated heterocycles. The van der Waals surface area contributed by atoms with Crippen LogP contribution >= 0.6 is 0 Å². The van der Waals surface area contributed by atoms with Crippen LogP contribution in [0.4, 0.5) is 10.5 Å². The average Bonchev–Trinajstić information content (AvgIpc) is 3.47. The molecule has 1 aliphatic rings. The number of nitrogens with zero attached hydrogens (tertiary/aromatic N) is 1. The van der Waals surface area contributed by atoms with Crippen LogP contribution in [0.3, 0.4) is 0 Å². The van der Waals surface area contributed by atoms with Gasteiger partial charge in [-0.1, -0.05) is 61.4 Å². The Bertz CT molecular complexity index is 1470. The first-order valence-electron chi connectivity index (χ1n) is 13.8. The van der Waals surface area contributed by atoms with Crippen molar-refractivity contribution in [1.29, 1.82) is 0 Å². The summed E-state index contributed by atoms with van der Waals surface area (Å²) in [6, 6.07) is 20.3. The van der Waals surface area contributed by atoms with E-state index < -0.39 is 28.1 Å². The number of rotatable bonds is 11. The Labute approximate surface area is 241 Å². The van der Waals surface area contributed by atoms with Gasteiger partial charge in [0.2, 0.25) is 10.0 Å². The Hall–Kier alpha value is -3.89. The molecule has 1 fully saturated rings. The number of amides is 2. The zero-order valence-corrected chi connectivity index (χ0v) is 23.9. The predicted octanol–water partition coefficient (Wildman–Crippen LogP) is 4.93. The molecule has 3 aromatic carbocycles. The van der Waals surface area contributed by atoms with Crippen LogP contribution in [0.2, 0.25) is 0 Å². The number of aliphatic hydroxyl groups excluding tert-OH is 1. The quantitative estimate of drug-likeness (QED) is 0.235. The maximum absolute atomic E-state index is 12.7. The van der Waals surface area contributed by atoms with Crippen molar-refractivity contribution in [3.63, 3.8) is 0 Å². The van der Waals surface area contributed by atoms with Crippen molar-refractivity contribution >= 4 is 27.7 Å². The highest BCUT2D eigenvalue weighted by atomic mass is 32.2. The summed E-state index contributed by atoms with van der Waals surface area (Å²) in [6.45, 7) is 0.255. The fourth-order valence-corrected chi connectivity index (χ4v) is 5.83. The first-order valence-corrected chi connectivity index (χ1v) is 15.7. The second-order valence-corrected chi connectivity index (χ2v) is 12.4. The van der Waals surface area contributed by atoms with E-state index in [2.05, 4.69) is 4.72 Å². The number of carbonyl (C=O) groups is 2. The number of nitrogen functional groups attached to an aromatic ring is 1. The molecule has 5 N–H and O–H groups in total. The summed E-state index contributed by atoms with van der Waals surface area (Å²) >= 11 is 0. The molecular formula is C31H37N3O6S. The van der Waals surface area contributed by atoms with Gasteiger partial charge in [0.15, 0.2) is 0 Å². The highest BCUT2D eigenvalue weighted by Gasteiger charge is 2.24. The smallest absolute Gasteiger partial charge is 0.407 e. The fourth-order valence-electron chi connectivity index (χ4n) is 5.38. The Morgan fingerprint density at radius 2 is 1.63 bits per heavy atom. The standard InChI is InChI=1S/C31H37N3O6S/c1-41(39,40)33-30(36)27-17-14-25(19-28(27)23-6-2-3-7-23)22-10-8-21(9-11-22)5-4-18-34(31(37)38)20-29(35)24-12-15-26(32)16-13-24/h8-17,19,23,29,35H,2-7,18,20,32H2,1H3,(H,33,36)(H,37,38)/t29-/m1/s1. The average molecular weight is 580 g/mol. The number of carboxylic acid groups (broad SMARTS) is 1. The lowest BCUT2D eigenvalue weighted by Crippen LogP contribution is -2.34. The van der Waals surface area contributed by atoms with Crippen molar-refractivity contribution in [3.05, 3.63) is 89.0 Å². The number of benzene rings is 3. The number of nitrogens with two attached hydrogens (primary N) is 1. The Morgan fingerprint density at radius 3 is 2.24 bits per heavy atom. The topological polar surface area (TPSA) is 150 Å². The summed E-state index contributed by atoms with van der Waals surface area (Å²) < 4.78 is 25.4. The minimum absolute atomic E-state index is 0.0281. The molecule has 0 aromatic heterocycles. The van der Waals surface area contributed by atoms with Crippen molar-refractivity contribution in [2.24, 2.45) is 0 Å². The molecule has 0 spiro atoms. The molecule has 0 bridgehead atoms. The summed E-state index contributed by atoms with van der Waals surface area (Å²) in [5, 5.41) is 20.1. The zero-order valence-electron chi connectivity index (χ0n) is 23.1. The van der Waals surface area contributed by atoms with E-state index in [1.165, 1.54) is 4.90 Å². The SMILES string of the molecule is CS(=O)(=O)NC(=O)c1ccc(-c2ccc(CCCN(C[C@@H](O)c3ccc(N)cc3)C(=O)O)cc2)cc1C1CCCC1. The molecule has 218 valence electrons. The van der Waals surface area contributed by atoms with Crippen LogP contribution in [0, 0.1) is 0 Å². The Morgan fingerprint density at radius 1 is 1.00 bits per heavy atom. The van der Waals surface area contributed by atoms with Crippen LogP contribution in [-0.2, 0) is 16.4 Å². The number of nitrogens with one attached hydrogen (secondary N) is 1. The van der Waals surface area contributed by atoms with Gasteiger partial charge in [-0.05, 0) is 77.6 Å². The van der Waals surface area contributed by atoms with Gasteiger partial charge < -0.3 is 20.8 Å². The third-order valence-corrected chi connectivity index (χ3v) is 8.09. The summed E-state index contributed by atoms with van der Waals surface area (Å²) in [4.78, 5) is 25.7. The second kappa shape index (κ2) is 13.2. The second-order valence-electron chi connectivity index (χ2n) is 10.7. The van der Waals surface area contributed by atoms with Gasteiger partial charge in [-0.15, -0.1) is 0 Å². The highest BCUT2D eigenvalue weighted by Crippen LogP contribution is 2.38. The van der Waals surface area contributed by atoms with E-state index in [0.717, 1.165) is 54.2 Å². The Kier molecular flexibility index (Phi) is 9.67. The summed E-state index contributed by atoms with van der Waals surface area (Å²) in [5.74, 6) is -0.391. The molecule has 0 unspecified atom stereocenters. The lowest BCUT2D eigenvalue weighted by molar-refractivity contribution is 0.0962. The van der Waals surface area contributed by atoms with Gasteiger partial charge in [-0.25, -0.2) is 17.9 Å². The van der Waals surface area contributed by atoms with Gasteiger partial charge in [0.05, 0.1) is 18.9 Å². The van der Waals surface area contributed by atoms with E-state index in [9.17, 15) is 28.2 Å². The number of aryl methyl sites for hydroxylation is 1. The largest absolute Gasteiger partial charge is 0.465 e. The third kappa shape index (κ3) is 8.31. The van der Waals surface area contributed by atoms with Crippen molar-refractivity contribution in [1.82, 2.24) is 9.62 Å². The molecule has 4 rings (SSSR count). The molecule has 10 heteroatoms. The molecule has 1 saturated carbocycles. The maximum atomic E-state index is 12.7. The van der Waals surface area contributed by atoms with Crippen LogP contribution in [0.15, 0.2) is 66.7 Å². The molecule has 0 heterocycles. The minimum atomic E-state index is -3.67. The van der Waals surface area contributed by atoms with Crippen molar-refractivity contribution in [3.8, 4) is 11.1 Å². The first-order chi connectivity index (χ1) is 19.5. The van der Waals surface area contributed by atoms with E-state index in [1.807, 2.05) is 36.4 Å². The van der Waals surface area contributed by atoms with E-state index >= 15 is 0 Å². The van der Waals surface area contributed by atoms with E-state index in [0.29, 0.717) is 29.7 Å². The summed E-state index contributed by atoms with van der Waals surface area (Å²) in [6.07, 6.45) is 4.30. The van der Waals surface area contributed by atoms with Crippen LogP contribution in [0.5, 0.6) is 0 Å². The maximum Gasteiger partial charge on any atom is 0.407 e. The molecular weight excluding hydrogens is 542 g/mol. The van der Waals surface area contributed by atoms with Crippen molar-refractivity contribution in [2.45, 2.75) is 50.5 Å². The predicted molar refractivity (Wildman–Crippen MR) is 159 cm³/mol. The normalized spacial score (nSPS) is 14.5. The minimum Gasteiger partial charge on any atom is -0.465 e. The number of hydrogen-bond acceptors (Lipinski definition) is 6. The lowest BCUT2D eigenvalue weighted by Gasteiger charge is -2.22. The van der Waals surface area contributed by atoms with E-state index in [1.54, 1.807) is 30.3 Å². The van der Waals surface area contributed by atoms with Crippen LogP contribution in [0.25, 0.3) is 11.1 Å². The molecule has 2 amide bonds. The lowest BCUT2D eigenvalue weighted by atomic mass is 9.89. The zero-order chi connectivity index (χ0) is 29.6. The van der Waals surface area contributed by atoms with Crippen molar-refractivity contribution < 1.29 is 28.2 Å².